The molecule has 0 nitrogen and oxygen atoms in total. The number of hydrogen-bond donors (Lipinski definition) is 0. The highest BCUT2D eigenvalue weighted by atomic mass is 35.5. The molecule has 0 bridgehead atoms. The van der Waals surface area contributed by atoms with Gasteiger partial charge in [-0.25, -0.2) is 8.78 Å². The second-order valence-electron chi connectivity index (χ2n) is 3.57. The Labute approximate surface area is 117 Å². The van der Waals surface area contributed by atoms with Crippen LogP contribution in [0.15, 0.2) is 29.2 Å². The van der Waals surface area contributed by atoms with Gasteiger partial charge in [-0.05, 0) is 36.0 Å². The molecule has 0 saturated carbocycles. The zero-order valence-electron chi connectivity index (χ0n) is 9.20. The van der Waals surface area contributed by atoms with Gasteiger partial charge in [-0.15, -0.1) is 0 Å². The predicted octanol–water partition coefficient (Wildman–Crippen LogP) is 5.56. The van der Waals surface area contributed by atoms with Gasteiger partial charge in [0.2, 0.25) is 0 Å². The molecule has 0 aliphatic carbocycles. The Morgan fingerprint density at radius 2 is 1.35 bits per heavy atom. The zero-order chi connectivity index (χ0) is 15.8. The molecule has 0 amide bonds. The summed E-state index contributed by atoms with van der Waals surface area (Å²) < 4.78 is 101. The van der Waals surface area contributed by atoms with Gasteiger partial charge in [-0.3, -0.25) is 0 Å². The van der Waals surface area contributed by atoms with Gasteiger partial charge in [-0.1, -0.05) is 11.6 Å². The van der Waals surface area contributed by atoms with E-state index in [9.17, 15) is 35.1 Å². The maximum absolute atomic E-state index is 13.2. The smallest absolute Gasteiger partial charge is 0.203 e. The van der Waals surface area contributed by atoms with E-state index in [0.717, 1.165) is 24.3 Å². The Morgan fingerprint density at radius 3 is 1.75 bits per heavy atom. The predicted molar refractivity (Wildman–Crippen MR) is 58.2 cm³/mol. The molecule has 0 spiro atoms. The van der Waals surface area contributed by atoms with Crippen LogP contribution in [-0.2, 0) is 0 Å². The third-order valence-electron chi connectivity index (χ3n) is 2.12. The fourth-order valence-electron chi connectivity index (χ4n) is 1.05. The lowest BCUT2D eigenvalue weighted by molar-refractivity contribution is -0.312. The topological polar surface area (TPSA) is 0 Å². The van der Waals surface area contributed by atoms with Crippen LogP contribution in [0.4, 0.5) is 35.1 Å². The largest absolute Gasteiger partial charge is 0.387 e. The first kappa shape index (κ1) is 17.4. The highest BCUT2D eigenvalue weighted by Gasteiger charge is 2.75. The lowest BCUT2D eigenvalue weighted by Gasteiger charge is -2.31. The van der Waals surface area contributed by atoms with Gasteiger partial charge in [0, 0.05) is 9.92 Å². The minimum atomic E-state index is -6.22. The molecule has 0 fully saturated rings. The van der Waals surface area contributed by atoms with E-state index >= 15 is 0 Å². The van der Waals surface area contributed by atoms with Crippen molar-refractivity contribution in [2.75, 3.05) is 0 Å². The average molecular weight is 345 g/mol. The van der Waals surface area contributed by atoms with Crippen LogP contribution in [0.25, 0.3) is 0 Å². The standard InChI is InChI=1S/C10H5ClF8S/c11-5-1-3-6(4-2-5)20-10(18,19)9(16,17)8(14,15)7(12)13/h1-4,7H. The van der Waals surface area contributed by atoms with Crippen LogP contribution < -0.4 is 0 Å². The molecule has 0 saturated heterocycles. The molecule has 20 heavy (non-hydrogen) atoms. The first-order valence-electron chi connectivity index (χ1n) is 4.78. The number of thioether (sulfide) groups is 1. The summed E-state index contributed by atoms with van der Waals surface area (Å²) in [5, 5.41) is -5.33. The van der Waals surface area contributed by atoms with Gasteiger partial charge >= 0.3 is 23.5 Å². The summed E-state index contributed by atoms with van der Waals surface area (Å²) in [7, 11) is 0. The van der Waals surface area contributed by atoms with Crippen molar-refractivity contribution in [2.45, 2.75) is 28.4 Å². The van der Waals surface area contributed by atoms with E-state index in [0.29, 0.717) is 0 Å². The van der Waals surface area contributed by atoms with Crippen molar-refractivity contribution in [3.05, 3.63) is 29.3 Å². The molecular weight excluding hydrogens is 340 g/mol. The van der Waals surface area contributed by atoms with E-state index in [4.69, 9.17) is 11.6 Å². The molecule has 0 atom stereocenters. The maximum Gasteiger partial charge on any atom is 0.387 e. The quantitative estimate of drug-likeness (QED) is 0.498. The van der Waals surface area contributed by atoms with E-state index in [1.54, 1.807) is 0 Å². The van der Waals surface area contributed by atoms with Crippen molar-refractivity contribution in [3.8, 4) is 0 Å². The van der Waals surface area contributed by atoms with E-state index in [1.807, 2.05) is 0 Å². The van der Waals surface area contributed by atoms with E-state index < -0.39 is 40.2 Å². The second-order valence-corrected chi connectivity index (χ2v) is 5.20. The Balaban J connectivity index is 3.05. The number of halogens is 9. The fraction of sp³-hybridized carbons (Fsp3) is 0.400. The first-order valence-corrected chi connectivity index (χ1v) is 5.97. The number of alkyl halides is 8. The van der Waals surface area contributed by atoms with E-state index in [2.05, 4.69) is 0 Å². The average Bonchev–Trinajstić information content (AvgIpc) is 2.31. The Bertz CT molecular complexity index is 459. The molecule has 0 unspecified atom stereocenters. The van der Waals surface area contributed by atoms with Gasteiger partial charge in [-0.2, -0.15) is 26.3 Å². The van der Waals surface area contributed by atoms with Crippen LogP contribution in [0.1, 0.15) is 0 Å². The molecule has 0 heterocycles. The van der Waals surface area contributed by atoms with Gasteiger partial charge in [0.05, 0.1) is 0 Å². The lowest BCUT2D eigenvalue weighted by atomic mass is 10.2. The Kier molecular flexibility index (Phi) is 4.85. The van der Waals surface area contributed by atoms with Gasteiger partial charge < -0.3 is 0 Å². The van der Waals surface area contributed by atoms with Crippen LogP contribution >= 0.6 is 23.4 Å². The van der Waals surface area contributed by atoms with Gasteiger partial charge in [0.1, 0.15) is 0 Å². The zero-order valence-corrected chi connectivity index (χ0v) is 10.8. The molecule has 10 heteroatoms. The van der Waals surface area contributed by atoms with Crippen molar-refractivity contribution in [1.29, 1.82) is 0 Å². The van der Waals surface area contributed by atoms with Crippen molar-refractivity contribution < 1.29 is 35.1 Å². The molecule has 1 aromatic carbocycles. The minimum Gasteiger partial charge on any atom is -0.203 e. The summed E-state index contributed by atoms with van der Waals surface area (Å²) in [5.74, 6) is -12.4. The Morgan fingerprint density at radius 1 is 0.900 bits per heavy atom. The van der Waals surface area contributed by atoms with E-state index in [-0.39, 0.29) is 5.02 Å². The van der Waals surface area contributed by atoms with Crippen molar-refractivity contribution in [2.24, 2.45) is 0 Å². The number of rotatable bonds is 5. The normalized spacial score (nSPS) is 13.9. The first-order chi connectivity index (χ1) is 8.92. The third-order valence-corrected chi connectivity index (χ3v) is 3.39. The summed E-state index contributed by atoms with van der Waals surface area (Å²) in [4.78, 5) is -0.524. The van der Waals surface area contributed by atoms with Crippen LogP contribution in [0, 0.1) is 0 Å². The minimum absolute atomic E-state index is 0.0994. The second kappa shape index (κ2) is 5.59. The van der Waals surface area contributed by atoms with Crippen molar-refractivity contribution in [3.63, 3.8) is 0 Å². The number of benzene rings is 1. The van der Waals surface area contributed by atoms with Crippen LogP contribution in [-0.4, -0.2) is 23.5 Å². The van der Waals surface area contributed by atoms with Crippen LogP contribution in [0.2, 0.25) is 5.02 Å². The van der Waals surface area contributed by atoms with E-state index in [1.165, 1.54) is 0 Å². The van der Waals surface area contributed by atoms with Gasteiger partial charge in [0.15, 0.2) is 0 Å². The lowest BCUT2D eigenvalue weighted by Crippen LogP contribution is -2.56. The SMILES string of the molecule is FC(F)C(F)(F)C(F)(F)C(F)(F)Sc1ccc(Cl)cc1. The summed E-state index contributed by atoms with van der Waals surface area (Å²) in [6.07, 6.45) is -4.92. The molecule has 1 aromatic rings. The van der Waals surface area contributed by atoms with Crippen molar-refractivity contribution in [1.82, 2.24) is 0 Å². The molecule has 0 aromatic heterocycles. The molecule has 0 aliphatic rings. The highest BCUT2D eigenvalue weighted by Crippen LogP contribution is 2.54. The molecular formula is C10H5ClF8S. The van der Waals surface area contributed by atoms with Gasteiger partial charge in [0.25, 0.3) is 0 Å². The fourth-order valence-corrected chi connectivity index (χ4v) is 2.00. The summed E-state index contributed by atoms with van der Waals surface area (Å²) in [5.41, 5.74) is 0. The summed E-state index contributed by atoms with van der Waals surface area (Å²) >= 11 is 4.47. The molecule has 0 N–H and O–H groups in total. The Hall–Kier alpha value is -0.700. The molecule has 0 radical (unpaired) electrons. The summed E-state index contributed by atoms with van der Waals surface area (Å²) in [6.45, 7) is 0. The van der Waals surface area contributed by atoms with Crippen LogP contribution in [0.3, 0.4) is 0 Å². The molecule has 114 valence electrons. The molecule has 0 aliphatic heterocycles. The molecule has 1 rings (SSSR count). The number of hydrogen-bond acceptors (Lipinski definition) is 1. The van der Waals surface area contributed by atoms with Crippen molar-refractivity contribution >= 4 is 23.4 Å². The monoisotopic (exact) mass is 344 g/mol. The maximum atomic E-state index is 13.2. The third kappa shape index (κ3) is 3.13. The highest BCUT2D eigenvalue weighted by molar-refractivity contribution is 8.00. The summed E-state index contributed by atoms with van der Waals surface area (Å²) in [6, 6.07) is 3.86. The van der Waals surface area contributed by atoms with Crippen LogP contribution in [0.5, 0.6) is 0 Å².